The zero-order valence-corrected chi connectivity index (χ0v) is 19.7. The topological polar surface area (TPSA) is 71.8 Å². The van der Waals surface area contributed by atoms with Crippen molar-refractivity contribution in [1.29, 1.82) is 0 Å². The number of rotatable bonds is 3. The number of thiophene rings is 1. The van der Waals surface area contributed by atoms with Gasteiger partial charge in [-0.2, -0.15) is 0 Å². The van der Waals surface area contributed by atoms with Crippen LogP contribution in [0.15, 0.2) is 54.0 Å². The van der Waals surface area contributed by atoms with E-state index < -0.39 is 0 Å². The molecule has 0 saturated heterocycles. The van der Waals surface area contributed by atoms with Gasteiger partial charge in [-0.25, -0.2) is 4.98 Å². The van der Waals surface area contributed by atoms with Crippen molar-refractivity contribution in [3.8, 4) is 21.7 Å². The monoisotopic (exact) mass is 452 g/mol. The molecule has 33 heavy (non-hydrogen) atoms. The minimum Gasteiger partial charge on any atom is -0.352 e. The molecule has 0 spiro atoms. The first-order valence-corrected chi connectivity index (χ1v) is 12.0. The number of nitrogens with one attached hydrogen (secondary N) is 1. The Bertz CT molecular complexity index is 1530. The van der Waals surface area contributed by atoms with Crippen molar-refractivity contribution in [2.75, 3.05) is 6.54 Å². The van der Waals surface area contributed by atoms with Crippen molar-refractivity contribution >= 4 is 28.0 Å². The molecule has 1 aliphatic rings. The van der Waals surface area contributed by atoms with Gasteiger partial charge in [-0.15, -0.1) is 11.3 Å². The van der Waals surface area contributed by atoms with Crippen molar-refractivity contribution < 1.29 is 0 Å². The maximum Gasteiger partial charge on any atom is 0.105 e. The third-order valence-corrected chi connectivity index (χ3v) is 7.42. The Balaban J connectivity index is 1.50. The van der Waals surface area contributed by atoms with Crippen LogP contribution >= 0.6 is 11.3 Å². The zero-order valence-electron chi connectivity index (χ0n) is 18.9. The van der Waals surface area contributed by atoms with Crippen LogP contribution in [0.2, 0.25) is 0 Å². The molecule has 0 unspecified atom stereocenters. The molecular weight excluding hydrogens is 428 g/mol. The number of nitrogens with zero attached hydrogens (tertiary/aromatic N) is 5. The molecule has 0 saturated carbocycles. The summed E-state index contributed by atoms with van der Waals surface area (Å²) in [7, 11) is 2.04. The smallest absolute Gasteiger partial charge is 0.105 e. The Kier molecular flexibility index (Phi) is 4.73. The molecule has 0 bridgehead atoms. The van der Waals surface area contributed by atoms with Gasteiger partial charge < -0.3 is 9.55 Å². The molecule has 7 heteroatoms. The Morgan fingerprint density at radius 1 is 1.00 bits per heavy atom. The van der Waals surface area contributed by atoms with Crippen LogP contribution in [0.25, 0.3) is 32.6 Å². The molecule has 6 heterocycles. The van der Waals surface area contributed by atoms with E-state index in [2.05, 4.69) is 50.7 Å². The van der Waals surface area contributed by atoms with Crippen LogP contribution in [0.5, 0.6) is 0 Å². The second kappa shape index (κ2) is 7.78. The number of pyridine rings is 2. The molecule has 5 aromatic heterocycles. The fourth-order valence-corrected chi connectivity index (χ4v) is 5.41. The van der Waals surface area contributed by atoms with Gasteiger partial charge in [0.05, 0.1) is 35.0 Å². The third-order valence-electron chi connectivity index (χ3n) is 6.39. The number of aromatic amines is 1. The second-order valence-electron chi connectivity index (χ2n) is 8.54. The van der Waals surface area contributed by atoms with Crippen LogP contribution in [0, 0.1) is 13.8 Å². The van der Waals surface area contributed by atoms with Crippen molar-refractivity contribution in [1.82, 2.24) is 24.5 Å². The molecule has 6 nitrogen and oxygen atoms in total. The highest BCUT2D eigenvalue weighted by molar-refractivity contribution is 7.15. The minimum absolute atomic E-state index is 0.788. The van der Waals surface area contributed by atoms with E-state index in [1.807, 2.05) is 38.8 Å². The number of hydrogen-bond donors (Lipinski definition) is 1. The lowest BCUT2D eigenvalue weighted by Crippen LogP contribution is -2.08. The molecule has 5 aromatic rings. The molecule has 0 aromatic carbocycles. The average molecular weight is 453 g/mol. The first-order chi connectivity index (χ1) is 16.1. The fraction of sp³-hybridized carbons (Fsp3) is 0.231. The molecule has 164 valence electrons. The van der Waals surface area contributed by atoms with E-state index in [0.29, 0.717) is 0 Å². The fourth-order valence-electron chi connectivity index (χ4n) is 4.51. The number of hydrogen-bond acceptors (Lipinski definition) is 5. The third kappa shape index (κ3) is 3.40. The highest BCUT2D eigenvalue weighted by Crippen LogP contribution is 2.34. The SMILES string of the molecule is Cc1ccc(-c2cncc3[nH]c(C4=NCCCc5ncc(-c6cnc(C)n6C)cc54)cc23)s1. The van der Waals surface area contributed by atoms with Gasteiger partial charge in [-0.3, -0.25) is 15.0 Å². The van der Waals surface area contributed by atoms with Gasteiger partial charge in [0.1, 0.15) is 5.82 Å². The number of imidazole rings is 1. The summed E-state index contributed by atoms with van der Waals surface area (Å²) in [4.78, 5) is 24.9. The minimum atomic E-state index is 0.788. The van der Waals surface area contributed by atoms with E-state index in [9.17, 15) is 0 Å². The lowest BCUT2D eigenvalue weighted by Gasteiger charge is -2.11. The van der Waals surface area contributed by atoms with Crippen molar-refractivity contribution in [2.24, 2.45) is 12.0 Å². The number of fused-ring (bicyclic) bond motifs is 2. The summed E-state index contributed by atoms with van der Waals surface area (Å²) in [6.07, 6.45) is 9.65. The lowest BCUT2D eigenvalue weighted by molar-refractivity contribution is 0.822. The molecule has 0 radical (unpaired) electrons. The highest BCUT2D eigenvalue weighted by atomic mass is 32.1. The van der Waals surface area contributed by atoms with E-state index in [1.165, 1.54) is 15.1 Å². The number of aromatic nitrogens is 5. The maximum atomic E-state index is 5.00. The van der Waals surface area contributed by atoms with Crippen LogP contribution in [0.1, 0.15) is 34.1 Å². The molecule has 1 N–H and O–H groups in total. The summed E-state index contributed by atoms with van der Waals surface area (Å²) in [5.41, 5.74) is 8.46. The van der Waals surface area contributed by atoms with Gasteiger partial charge in [0.2, 0.25) is 0 Å². The largest absolute Gasteiger partial charge is 0.352 e. The standard InChI is InChI=1S/C26H24N6S/c1-15-6-7-25(33-15)20-12-27-13-23-18(20)10-22(31-23)26-19-9-17(24-14-29-16(2)32(24)3)11-30-21(19)5-4-8-28-26/h6-7,9-14,31H,4-5,8H2,1-3H3. The predicted octanol–water partition coefficient (Wildman–Crippen LogP) is 5.49. The quantitative estimate of drug-likeness (QED) is 0.394. The van der Waals surface area contributed by atoms with E-state index in [4.69, 9.17) is 9.98 Å². The molecule has 0 atom stereocenters. The van der Waals surface area contributed by atoms with Crippen LogP contribution in [-0.4, -0.2) is 36.8 Å². The summed E-state index contributed by atoms with van der Waals surface area (Å²) < 4.78 is 2.10. The number of aryl methyl sites for hydroxylation is 3. The van der Waals surface area contributed by atoms with Gasteiger partial charge in [0, 0.05) is 63.5 Å². The Morgan fingerprint density at radius 3 is 2.70 bits per heavy atom. The molecule has 1 aliphatic heterocycles. The average Bonchev–Trinajstić information content (AvgIpc) is 3.49. The predicted molar refractivity (Wildman–Crippen MR) is 134 cm³/mol. The van der Waals surface area contributed by atoms with Gasteiger partial charge in [0.15, 0.2) is 0 Å². The van der Waals surface area contributed by atoms with Crippen molar-refractivity contribution in [3.05, 3.63) is 76.7 Å². The molecule has 0 fully saturated rings. The lowest BCUT2D eigenvalue weighted by atomic mass is 10.0. The van der Waals surface area contributed by atoms with E-state index >= 15 is 0 Å². The van der Waals surface area contributed by atoms with Crippen LogP contribution in [0.3, 0.4) is 0 Å². The molecule has 6 rings (SSSR count). The molecular formula is C26H24N6S. The van der Waals surface area contributed by atoms with Crippen LogP contribution in [0.4, 0.5) is 0 Å². The Hall–Kier alpha value is -3.58. The van der Waals surface area contributed by atoms with Crippen LogP contribution in [-0.2, 0) is 13.5 Å². The maximum absolute atomic E-state index is 5.00. The van der Waals surface area contributed by atoms with E-state index in [0.717, 1.165) is 70.2 Å². The van der Waals surface area contributed by atoms with Gasteiger partial charge >= 0.3 is 0 Å². The van der Waals surface area contributed by atoms with Crippen LogP contribution < -0.4 is 0 Å². The summed E-state index contributed by atoms with van der Waals surface area (Å²) in [5, 5.41) is 1.17. The van der Waals surface area contributed by atoms with E-state index in [1.54, 1.807) is 11.3 Å². The molecule has 0 aliphatic carbocycles. The van der Waals surface area contributed by atoms with Crippen molar-refractivity contribution in [3.63, 3.8) is 0 Å². The normalized spacial score (nSPS) is 13.7. The Morgan fingerprint density at radius 2 is 1.91 bits per heavy atom. The number of aliphatic imine (C=N–C) groups is 1. The first-order valence-electron chi connectivity index (χ1n) is 11.1. The second-order valence-corrected chi connectivity index (χ2v) is 9.83. The summed E-state index contributed by atoms with van der Waals surface area (Å²) in [6.45, 7) is 4.94. The summed E-state index contributed by atoms with van der Waals surface area (Å²) in [6, 6.07) is 8.77. The summed E-state index contributed by atoms with van der Waals surface area (Å²) >= 11 is 1.79. The zero-order chi connectivity index (χ0) is 22.5. The highest BCUT2D eigenvalue weighted by Gasteiger charge is 2.20. The van der Waals surface area contributed by atoms with Crippen molar-refractivity contribution in [2.45, 2.75) is 26.7 Å². The molecule has 0 amide bonds. The van der Waals surface area contributed by atoms with E-state index in [-0.39, 0.29) is 0 Å². The summed E-state index contributed by atoms with van der Waals surface area (Å²) in [5.74, 6) is 0.980. The van der Waals surface area contributed by atoms with Gasteiger partial charge in [-0.05, 0) is 51.0 Å². The van der Waals surface area contributed by atoms with Gasteiger partial charge in [-0.1, -0.05) is 0 Å². The Labute approximate surface area is 196 Å². The number of H-pyrrole nitrogens is 1. The van der Waals surface area contributed by atoms with Gasteiger partial charge in [0.25, 0.3) is 0 Å². The first kappa shape index (κ1) is 20.1.